The van der Waals surface area contributed by atoms with Crippen LogP contribution in [0.2, 0.25) is 0 Å². The Balaban J connectivity index is 1.25. The summed E-state index contributed by atoms with van der Waals surface area (Å²) in [5, 5.41) is 14.3. The van der Waals surface area contributed by atoms with Crippen LogP contribution in [-0.4, -0.2) is 87.5 Å². The van der Waals surface area contributed by atoms with Gasteiger partial charge in [-0.3, -0.25) is 14.6 Å². The van der Waals surface area contributed by atoms with Crippen molar-refractivity contribution < 1.29 is 14.0 Å². The smallest absolute Gasteiger partial charge is 0.276 e. The Morgan fingerprint density at radius 3 is 2.42 bits per heavy atom. The van der Waals surface area contributed by atoms with Gasteiger partial charge in [0.1, 0.15) is 5.82 Å². The number of hydrogen-bond donors (Lipinski definition) is 3. The summed E-state index contributed by atoms with van der Waals surface area (Å²) in [7, 11) is 5.90. The highest BCUT2D eigenvalue weighted by Crippen LogP contribution is 2.32. The van der Waals surface area contributed by atoms with Gasteiger partial charge in [0.05, 0.1) is 23.8 Å². The molecule has 11 nitrogen and oxygen atoms in total. The zero-order valence-electron chi connectivity index (χ0n) is 23.4. The average molecular weight is 552 g/mol. The van der Waals surface area contributed by atoms with E-state index in [0.29, 0.717) is 29.8 Å². The Hall–Kier alpha value is -3.80. The third-order valence-corrected chi connectivity index (χ3v) is 7.63. The van der Waals surface area contributed by atoms with Crippen molar-refractivity contribution in [3.63, 3.8) is 0 Å². The molecule has 2 amide bonds. The fraction of sp³-hybridized carbons (Fsp3) is 0.536. The lowest BCUT2D eigenvalue weighted by Gasteiger charge is -2.30. The molecule has 0 aromatic carbocycles. The van der Waals surface area contributed by atoms with Crippen molar-refractivity contribution >= 4 is 34.7 Å². The molecule has 0 aliphatic heterocycles. The van der Waals surface area contributed by atoms with Crippen molar-refractivity contribution in [1.82, 2.24) is 29.4 Å². The maximum absolute atomic E-state index is 14.1. The van der Waals surface area contributed by atoms with Crippen LogP contribution in [0.5, 0.6) is 0 Å². The number of aromatic nitrogens is 4. The van der Waals surface area contributed by atoms with E-state index in [2.05, 4.69) is 30.8 Å². The average Bonchev–Trinajstić information content (AvgIpc) is 3.64. The minimum absolute atomic E-state index is 0.0414. The third kappa shape index (κ3) is 6.85. The molecule has 0 bridgehead atoms. The van der Waals surface area contributed by atoms with Crippen molar-refractivity contribution in [2.24, 2.45) is 5.92 Å². The molecule has 40 heavy (non-hydrogen) atoms. The molecule has 2 fully saturated rings. The fourth-order valence-corrected chi connectivity index (χ4v) is 5.01. The number of halogens is 1. The Labute approximate surface area is 233 Å². The molecular weight excluding hydrogens is 513 g/mol. The van der Waals surface area contributed by atoms with Crippen LogP contribution in [0.3, 0.4) is 0 Å². The maximum atomic E-state index is 14.1. The van der Waals surface area contributed by atoms with Gasteiger partial charge >= 0.3 is 0 Å². The molecule has 2 aliphatic carbocycles. The number of pyridine rings is 1. The third-order valence-electron chi connectivity index (χ3n) is 7.63. The lowest BCUT2D eigenvalue weighted by atomic mass is 9.84. The minimum atomic E-state index is -0.617. The second kappa shape index (κ2) is 12.2. The predicted molar refractivity (Wildman–Crippen MR) is 152 cm³/mol. The molecule has 3 heterocycles. The van der Waals surface area contributed by atoms with E-state index in [0.717, 1.165) is 63.5 Å². The van der Waals surface area contributed by atoms with Gasteiger partial charge in [-0.2, -0.15) is 0 Å². The first-order valence-electron chi connectivity index (χ1n) is 14.0. The summed E-state index contributed by atoms with van der Waals surface area (Å²) in [6.07, 6.45) is 10.5. The van der Waals surface area contributed by atoms with E-state index in [1.807, 2.05) is 32.1 Å². The van der Waals surface area contributed by atoms with Crippen molar-refractivity contribution in [2.75, 3.05) is 50.2 Å². The SMILES string of the molecule is CN(C)CCN(C)C(=O)CC1CCC(Nc2cc(NC3CC3)c3ncc(C(=O)Nc4ccncc4F)n3n2)CC1. The largest absolute Gasteiger partial charge is 0.379 e. The molecule has 2 saturated carbocycles. The van der Waals surface area contributed by atoms with Gasteiger partial charge in [-0.25, -0.2) is 13.9 Å². The summed E-state index contributed by atoms with van der Waals surface area (Å²) in [6, 6.07) is 3.94. The topological polar surface area (TPSA) is 120 Å². The van der Waals surface area contributed by atoms with Crippen LogP contribution in [-0.2, 0) is 4.79 Å². The number of nitrogens with zero attached hydrogens (tertiary/aromatic N) is 6. The van der Waals surface area contributed by atoms with Gasteiger partial charge in [0.2, 0.25) is 5.91 Å². The molecule has 2 aliphatic rings. The molecule has 3 N–H and O–H groups in total. The molecule has 5 rings (SSSR count). The van der Waals surface area contributed by atoms with Crippen LogP contribution < -0.4 is 16.0 Å². The summed E-state index contributed by atoms with van der Waals surface area (Å²) in [5.74, 6) is 0.0980. The minimum Gasteiger partial charge on any atom is -0.379 e. The number of carbonyl (C=O) groups is 2. The van der Waals surface area contributed by atoms with Crippen molar-refractivity contribution in [2.45, 2.75) is 57.0 Å². The van der Waals surface area contributed by atoms with E-state index in [9.17, 15) is 14.0 Å². The molecule has 12 heteroatoms. The summed E-state index contributed by atoms with van der Waals surface area (Å²) in [6.45, 7) is 1.59. The number of rotatable bonds is 11. The second-order valence-electron chi connectivity index (χ2n) is 11.2. The Morgan fingerprint density at radius 1 is 1.00 bits per heavy atom. The van der Waals surface area contributed by atoms with Crippen LogP contribution in [0, 0.1) is 11.7 Å². The van der Waals surface area contributed by atoms with Crippen molar-refractivity contribution in [1.29, 1.82) is 0 Å². The number of nitrogens with one attached hydrogen (secondary N) is 3. The summed E-state index contributed by atoms with van der Waals surface area (Å²) in [4.78, 5) is 37.8. The number of amides is 2. The number of carbonyl (C=O) groups excluding carboxylic acids is 2. The van der Waals surface area contributed by atoms with Gasteiger partial charge < -0.3 is 25.8 Å². The lowest BCUT2D eigenvalue weighted by Crippen LogP contribution is -2.35. The predicted octanol–water partition coefficient (Wildman–Crippen LogP) is 3.47. The van der Waals surface area contributed by atoms with Crippen molar-refractivity contribution in [3.8, 4) is 0 Å². The van der Waals surface area contributed by atoms with Crippen molar-refractivity contribution in [3.05, 3.63) is 42.2 Å². The van der Waals surface area contributed by atoms with Gasteiger partial charge in [-0.1, -0.05) is 0 Å². The molecule has 3 aromatic heterocycles. The van der Waals surface area contributed by atoms with Gasteiger partial charge in [-0.05, 0) is 64.6 Å². The maximum Gasteiger partial charge on any atom is 0.276 e. The van der Waals surface area contributed by atoms with Crippen LogP contribution in [0.4, 0.5) is 21.6 Å². The fourth-order valence-electron chi connectivity index (χ4n) is 5.01. The van der Waals surface area contributed by atoms with Crippen LogP contribution in [0.1, 0.15) is 55.4 Å². The number of imidazole rings is 1. The molecular formula is C28H38FN9O2. The summed E-state index contributed by atoms with van der Waals surface area (Å²) in [5.41, 5.74) is 1.58. The van der Waals surface area contributed by atoms with E-state index < -0.39 is 11.7 Å². The standard InChI is InChI=1S/C28H38FN9O2/c1-36(2)12-13-37(3)26(39)14-18-4-6-20(7-5-18)33-25-15-23(32-19-8-9-19)27-31-17-24(38(27)35-25)28(40)34-22-10-11-30-16-21(22)29/h10-11,15-20,32H,4-9,12-14H2,1-3H3,(H,33,35)(H,30,34,40). The molecule has 3 aromatic rings. The highest BCUT2D eigenvalue weighted by molar-refractivity contribution is 6.03. The summed E-state index contributed by atoms with van der Waals surface area (Å²) >= 11 is 0. The van der Waals surface area contributed by atoms with E-state index >= 15 is 0 Å². The summed E-state index contributed by atoms with van der Waals surface area (Å²) < 4.78 is 15.6. The normalized spacial score (nSPS) is 19.0. The van der Waals surface area contributed by atoms with E-state index in [4.69, 9.17) is 5.10 Å². The van der Waals surface area contributed by atoms with Crippen LogP contribution in [0.15, 0.2) is 30.7 Å². The van der Waals surface area contributed by atoms with Gasteiger partial charge in [0, 0.05) is 50.9 Å². The highest BCUT2D eigenvalue weighted by Gasteiger charge is 2.27. The number of anilines is 3. The number of hydrogen-bond acceptors (Lipinski definition) is 8. The molecule has 214 valence electrons. The molecule has 0 unspecified atom stereocenters. The highest BCUT2D eigenvalue weighted by atomic mass is 19.1. The van der Waals surface area contributed by atoms with Gasteiger partial charge in [0.25, 0.3) is 5.91 Å². The Bertz CT molecular complexity index is 1350. The number of fused-ring (bicyclic) bond motifs is 1. The lowest BCUT2D eigenvalue weighted by molar-refractivity contribution is -0.131. The first-order chi connectivity index (χ1) is 19.3. The Kier molecular flexibility index (Phi) is 8.43. The molecule has 0 saturated heterocycles. The van der Waals surface area contributed by atoms with E-state index in [1.54, 1.807) is 0 Å². The monoisotopic (exact) mass is 551 g/mol. The van der Waals surface area contributed by atoms with E-state index in [1.165, 1.54) is 23.0 Å². The zero-order chi connectivity index (χ0) is 28.2. The number of likely N-dealkylation sites (N-methyl/N-ethyl adjacent to an activating group) is 2. The van der Waals surface area contributed by atoms with Gasteiger partial charge in [0.15, 0.2) is 17.2 Å². The first-order valence-corrected chi connectivity index (χ1v) is 14.0. The second-order valence-corrected chi connectivity index (χ2v) is 11.2. The Morgan fingerprint density at radius 2 is 1.73 bits per heavy atom. The zero-order valence-corrected chi connectivity index (χ0v) is 23.4. The van der Waals surface area contributed by atoms with E-state index in [-0.39, 0.29) is 23.3 Å². The molecule has 0 atom stereocenters. The quantitative estimate of drug-likeness (QED) is 0.332. The van der Waals surface area contributed by atoms with Crippen LogP contribution in [0.25, 0.3) is 5.65 Å². The molecule has 0 radical (unpaired) electrons. The van der Waals surface area contributed by atoms with Crippen LogP contribution >= 0.6 is 0 Å². The molecule has 0 spiro atoms. The van der Waals surface area contributed by atoms with Gasteiger partial charge in [-0.15, -0.1) is 5.10 Å². The first kappa shape index (κ1) is 27.8.